The van der Waals surface area contributed by atoms with E-state index in [4.69, 9.17) is 13.6 Å². The molecule has 0 fully saturated rings. The Morgan fingerprint density at radius 3 is 2.76 bits per heavy atom. The van der Waals surface area contributed by atoms with Crippen molar-refractivity contribution in [3.05, 3.63) is 59.7 Å². The molecule has 0 bridgehead atoms. The maximum Gasteiger partial charge on any atom is 0.310 e. The quantitative estimate of drug-likeness (QED) is 0.584. The molecule has 1 aromatic carbocycles. The summed E-state index contributed by atoms with van der Waals surface area (Å²) in [5.41, 5.74) is 2.45. The van der Waals surface area contributed by atoms with E-state index < -0.39 is 18.5 Å². The lowest BCUT2D eigenvalue weighted by Gasteiger charge is -2.16. The van der Waals surface area contributed by atoms with Gasteiger partial charge in [-0.25, -0.2) is 0 Å². The zero-order valence-corrected chi connectivity index (χ0v) is 16.3. The molecule has 0 aliphatic carbocycles. The SMILES string of the molecule is Cc1ccc2c(CC(=O)OCC(=O)N(C)CC(=O)NCc3ccco3)coc2c1. The molecule has 3 aromatic rings. The number of nitrogens with zero attached hydrogens (tertiary/aromatic N) is 1. The van der Waals surface area contributed by atoms with Gasteiger partial charge in [0.25, 0.3) is 5.91 Å². The zero-order chi connectivity index (χ0) is 20.8. The van der Waals surface area contributed by atoms with E-state index in [2.05, 4.69) is 5.32 Å². The summed E-state index contributed by atoms with van der Waals surface area (Å²) < 4.78 is 15.6. The Kier molecular flexibility index (Phi) is 6.33. The van der Waals surface area contributed by atoms with Crippen molar-refractivity contribution in [2.45, 2.75) is 19.9 Å². The van der Waals surface area contributed by atoms with Crippen LogP contribution in [0.5, 0.6) is 0 Å². The summed E-state index contributed by atoms with van der Waals surface area (Å²) in [4.78, 5) is 37.3. The van der Waals surface area contributed by atoms with Gasteiger partial charge in [-0.05, 0) is 30.7 Å². The number of amides is 2. The highest BCUT2D eigenvalue weighted by Gasteiger charge is 2.17. The predicted molar refractivity (Wildman–Crippen MR) is 104 cm³/mol. The Balaban J connectivity index is 1.42. The average molecular weight is 398 g/mol. The summed E-state index contributed by atoms with van der Waals surface area (Å²) in [5.74, 6) is -0.747. The first-order valence-electron chi connectivity index (χ1n) is 9.08. The van der Waals surface area contributed by atoms with Gasteiger partial charge in [0.05, 0.1) is 32.0 Å². The van der Waals surface area contributed by atoms with E-state index in [0.29, 0.717) is 16.9 Å². The minimum Gasteiger partial charge on any atom is -0.467 e. The molecule has 0 saturated carbocycles. The lowest BCUT2D eigenvalue weighted by molar-refractivity contribution is -0.151. The average Bonchev–Trinajstić information content (AvgIpc) is 3.34. The first-order chi connectivity index (χ1) is 13.9. The molecule has 0 aliphatic heterocycles. The van der Waals surface area contributed by atoms with Crippen LogP contribution < -0.4 is 5.32 Å². The van der Waals surface area contributed by atoms with Crippen LogP contribution in [0.15, 0.2) is 51.7 Å². The number of furan rings is 2. The minimum atomic E-state index is -0.544. The molecule has 2 heterocycles. The standard InChI is InChI=1S/C21H22N2O6/c1-14-5-6-17-15(12-28-18(17)8-14)9-21(26)29-13-20(25)23(2)11-19(24)22-10-16-4-3-7-27-16/h3-8,12H,9-11,13H2,1-2H3,(H,22,24). The lowest BCUT2D eigenvalue weighted by atomic mass is 10.1. The number of hydrogen-bond acceptors (Lipinski definition) is 6. The molecule has 0 aliphatic rings. The molecule has 0 atom stereocenters. The Hall–Kier alpha value is -3.55. The molecule has 152 valence electrons. The van der Waals surface area contributed by atoms with Crippen molar-refractivity contribution in [2.24, 2.45) is 0 Å². The normalized spacial score (nSPS) is 10.7. The van der Waals surface area contributed by atoms with Gasteiger partial charge < -0.3 is 23.8 Å². The second kappa shape index (κ2) is 9.09. The van der Waals surface area contributed by atoms with E-state index in [-0.39, 0.29) is 25.4 Å². The number of ether oxygens (including phenoxy) is 1. The third-order valence-electron chi connectivity index (χ3n) is 4.35. The fraction of sp³-hybridized carbons (Fsp3) is 0.286. The Bertz CT molecular complexity index is 1010. The number of esters is 1. The number of hydrogen-bond donors (Lipinski definition) is 1. The van der Waals surface area contributed by atoms with Crippen LogP contribution in [0.3, 0.4) is 0 Å². The van der Waals surface area contributed by atoms with Crippen molar-refractivity contribution < 1.29 is 28.0 Å². The molecule has 8 nitrogen and oxygen atoms in total. The van der Waals surface area contributed by atoms with Crippen LogP contribution >= 0.6 is 0 Å². The van der Waals surface area contributed by atoms with Gasteiger partial charge in [0.15, 0.2) is 6.61 Å². The largest absolute Gasteiger partial charge is 0.467 e. The second-order valence-corrected chi connectivity index (χ2v) is 6.70. The molecular formula is C21H22N2O6. The van der Waals surface area contributed by atoms with Crippen LogP contribution in [-0.2, 0) is 32.1 Å². The lowest BCUT2D eigenvalue weighted by Crippen LogP contribution is -2.40. The fourth-order valence-electron chi connectivity index (χ4n) is 2.74. The Labute approximate surface area is 167 Å². The van der Waals surface area contributed by atoms with Crippen LogP contribution in [0.2, 0.25) is 0 Å². The van der Waals surface area contributed by atoms with Gasteiger partial charge in [-0.1, -0.05) is 12.1 Å². The maximum absolute atomic E-state index is 12.1. The molecule has 0 radical (unpaired) electrons. The van der Waals surface area contributed by atoms with Gasteiger partial charge in [-0.15, -0.1) is 0 Å². The summed E-state index contributed by atoms with van der Waals surface area (Å²) in [7, 11) is 1.47. The summed E-state index contributed by atoms with van der Waals surface area (Å²) in [6.45, 7) is 1.61. The molecule has 2 amide bonds. The van der Waals surface area contributed by atoms with Crippen molar-refractivity contribution in [2.75, 3.05) is 20.2 Å². The van der Waals surface area contributed by atoms with Crippen LogP contribution in [0.1, 0.15) is 16.9 Å². The third-order valence-corrected chi connectivity index (χ3v) is 4.35. The maximum atomic E-state index is 12.1. The molecule has 2 aromatic heterocycles. The van der Waals surface area contributed by atoms with Crippen molar-refractivity contribution in [3.8, 4) is 0 Å². The number of nitrogens with one attached hydrogen (secondary N) is 1. The van der Waals surface area contributed by atoms with Crippen LogP contribution in [0, 0.1) is 6.92 Å². The highest BCUT2D eigenvalue weighted by Crippen LogP contribution is 2.22. The summed E-state index contributed by atoms with van der Waals surface area (Å²) in [6, 6.07) is 9.16. The zero-order valence-electron chi connectivity index (χ0n) is 16.3. The Morgan fingerprint density at radius 2 is 2.00 bits per heavy atom. The van der Waals surface area contributed by atoms with E-state index in [1.807, 2.05) is 25.1 Å². The molecule has 3 rings (SSSR count). The van der Waals surface area contributed by atoms with Crippen LogP contribution in [0.4, 0.5) is 0 Å². The van der Waals surface area contributed by atoms with Gasteiger partial charge in [-0.3, -0.25) is 14.4 Å². The van der Waals surface area contributed by atoms with Crippen molar-refractivity contribution in [1.82, 2.24) is 10.2 Å². The summed E-state index contributed by atoms with van der Waals surface area (Å²) >= 11 is 0. The third kappa shape index (κ3) is 5.47. The predicted octanol–water partition coefficient (Wildman–Crippen LogP) is 2.19. The smallest absolute Gasteiger partial charge is 0.310 e. The van der Waals surface area contributed by atoms with E-state index in [1.165, 1.54) is 24.5 Å². The van der Waals surface area contributed by atoms with Gasteiger partial charge in [-0.2, -0.15) is 0 Å². The number of likely N-dealkylation sites (N-methyl/N-ethyl adjacent to an activating group) is 1. The number of carbonyl (C=O) groups excluding carboxylic acids is 3. The van der Waals surface area contributed by atoms with Gasteiger partial charge in [0.1, 0.15) is 11.3 Å². The van der Waals surface area contributed by atoms with Crippen LogP contribution in [0.25, 0.3) is 11.0 Å². The molecule has 29 heavy (non-hydrogen) atoms. The molecule has 1 N–H and O–H groups in total. The van der Waals surface area contributed by atoms with Crippen molar-refractivity contribution in [1.29, 1.82) is 0 Å². The van der Waals surface area contributed by atoms with E-state index in [0.717, 1.165) is 10.9 Å². The fourth-order valence-corrected chi connectivity index (χ4v) is 2.74. The van der Waals surface area contributed by atoms with Crippen LogP contribution in [-0.4, -0.2) is 42.9 Å². The molecule has 0 spiro atoms. The number of aryl methyl sites for hydroxylation is 1. The topological polar surface area (TPSA) is 102 Å². The Morgan fingerprint density at radius 1 is 1.17 bits per heavy atom. The highest BCUT2D eigenvalue weighted by atomic mass is 16.5. The molecule has 0 saturated heterocycles. The van der Waals surface area contributed by atoms with E-state index in [1.54, 1.807) is 12.1 Å². The van der Waals surface area contributed by atoms with Gasteiger partial charge in [0, 0.05) is 18.0 Å². The highest BCUT2D eigenvalue weighted by molar-refractivity contribution is 5.88. The first-order valence-corrected chi connectivity index (χ1v) is 9.08. The van der Waals surface area contributed by atoms with Gasteiger partial charge >= 0.3 is 5.97 Å². The number of benzene rings is 1. The number of fused-ring (bicyclic) bond motifs is 1. The number of rotatable bonds is 8. The second-order valence-electron chi connectivity index (χ2n) is 6.70. The molecule has 0 unspecified atom stereocenters. The van der Waals surface area contributed by atoms with E-state index >= 15 is 0 Å². The monoisotopic (exact) mass is 398 g/mol. The summed E-state index contributed by atoms with van der Waals surface area (Å²) in [5, 5.41) is 3.48. The van der Waals surface area contributed by atoms with Crippen molar-refractivity contribution >= 4 is 28.8 Å². The molecule has 8 heteroatoms. The summed E-state index contributed by atoms with van der Waals surface area (Å²) in [6.07, 6.45) is 3.03. The van der Waals surface area contributed by atoms with Gasteiger partial charge in [0.2, 0.25) is 5.91 Å². The minimum absolute atomic E-state index is 0.00329. The number of carbonyl (C=O) groups is 3. The van der Waals surface area contributed by atoms with E-state index in [9.17, 15) is 14.4 Å². The first kappa shape index (κ1) is 20.2. The van der Waals surface area contributed by atoms with Crippen molar-refractivity contribution in [3.63, 3.8) is 0 Å². The molecular weight excluding hydrogens is 376 g/mol.